The van der Waals surface area contributed by atoms with E-state index in [0.717, 1.165) is 52.8 Å². The van der Waals surface area contributed by atoms with E-state index in [0.29, 0.717) is 11.2 Å². The third-order valence-corrected chi connectivity index (χ3v) is 13.9. The third-order valence-electron chi connectivity index (χ3n) is 12.6. The van der Waals surface area contributed by atoms with Crippen LogP contribution in [0.4, 0.5) is 0 Å². The standard InChI is InChI=1S/C54H39N3S/c1-2-11-37(12-3-1)53-44-15-6-8-16-47(44)55-54(56-53)38-20-18-34(19-21-38)35-22-27-41(28-23-35)57-48-17-9-7-14-43(48)45-32-39(24-29-49(45)57)40-26-30-50-46(33-40)52-42-13-5-4-10-36(42)25-31-51(52)58-50/h1-8,10-16,18-27,29-33,41,46,50H,9,17,28H2. The van der Waals surface area contributed by atoms with Crippen LogP contribution in [-0.2, 0) is 6.42 Å². The summed E-state index contributed by atoms with van der Waals surface area (Å²) in [6.45, 7) is 0. The van der Waals surface area contributed by atoms with Crippen molar-refractivity contribution < 1.29 is 0 Å². The molecule has 3 atom stereocenters. The normalized spacial score (nSPS) is 19.3. The zero-order valence-electron chi connectivity index (χ0n) is 31.9. The maximum atomic E-state index is 5.09. The zero-order valence-corrected chi connectivity index (χ0v) is 32.7. The van der Waals surface area contributed by atoms with Gasteiger partial charge in [-0.1, -0.05) is 158 Å². The number of para-hydroxylation sites is 1. The van der Waals surface area contributed by atoms with Crippen molar-refractivity contribution in [2.24, 2.45) is 0 Å². The topological polar surface area (TPSA) is 30.7 Å². The van der Waals surface area contributed by atoms with Crippen molar-refractivity contribution in [3.05, 3.63) is 204 Å². The van der Waals surface area contributed by atoms with Crippen LogP contribution >= 0.6 is 11.8 Å². The van der Waals surface area contributed by atoms with Crippen molar-refractivity contribution in [2.45, 2.75) is 41.4 Å². The molecule has 0 spiro atoms. The van der Waals surface area contributed by atoms with Gasteiger partial charge in [0.15, 0.2) is 5.82 Å². The van der Waals surface area contributed by atoms with Crippen molar-refractivity contribution in [3.8, 4) is 22.6 Å². The van der Waals surface area contributed by atoms with Gasteiger partial charge >= 0.3 is 0 Å². The molecule has 3 heterocycles. The van der Waals surface area contributed by atoms with Crippen LogP contribution in [0.2, 0.25) is 0 Å². The number of aromatic nitrogens is 3. The Labute approximate surface area is 342 Å². The average Bonchev–Trinajstić information content (AvgIpc) is 3.84. The third kappa shape index (κ3) is 5.50. The van der Waals surface area contributed by atoms with Crippen LogP contribution in [0.25, 0.3) is 72.4 Å². The molecule has 3 aliphatic carbocycles. The van der Waals surface area contributed by atoms with Crippen LogP contribution in [-0.4, -0.2) is 19.8 Å². The van der Waals surface area contributed by atoms with Gasteiger partial charge in [0.2, 0.25) is 0 Å². The van der Waals surface area contributed by atoms with Gasteiger partial charge in [-0.2, -0.15) is 0 Å². The van der Waals surface area contributed by atoms with Crippen molar-refractivity contribution in [2.75, 3.05) is 0 Å². The molecule has 0 bridgehead atoms. The van der Waals surface area contributed by atoms with E-state index in [-0.39, 0.29) is 6.04 Å². The summed E-state index contributed by atoms with van der Waals surface area (Å²) >= 11 is 2.01. The number of hydrogen-bond donors (Lipinski definition) is 0. The fourth-order valence-corrected chi connectivity index (χ4v) is 11.1. The van der Waals surface area contributed by atoms with Gasteiger partial charge in [0.1, 0.15) is 0 Å². The highest BCUT2D eigenvalue weighted by molar-refractivity contribution is 8.00. The molecule has 6 aromatic carbocycles. The highest BCUT2D eigenvalue weighted by atomic mass is 32.2. The number of nitrogens with zero attached hydrogens (tertiary/aromatic N) is 3. The molecule has 4 heteroatoms. The molecule has 4 aliphatic rings. The molecular weight excluding hydrogens is 723 g/mol. The van der Waals surface area contributed by atoms with Gasteiger partial charge in [0, 0.05) is 54.7 Å². The zero-order chi connectivity index (χ0) is 38.2. The molecule has 2 aromatic heterocycles. The van der Waals surface area contributed by atoms with Crippen LogP contribution in [0.5, 0.6) is 0 Å². The molecule has 0 saturated heterocycles. The first-order chi connectivity index (χ1) is 28.7. The number of allylic oxidation sites excluding steroid dienone is 8. The Morgan fingerprint density at radius 3 is 2.29 bits per heavy atom. The van der Waals surface area contributed by atoms with E-state index >= 15 is 0 Å². The molecule has 3 unspecified atom stereocenters. The molecule has 0 amide bonds. The Kier molecular flexibility index (Phi) is 7.87. The van der Waals surface area contributed by atoms with Crippen LogP contribution < -0.4 is 0 Å². The van der Waals surface area contributed by atoms with Gasteiger partial charge in [-0.05, 0) is 82.1 Å². The molecule has 1 aliphatic heterocycles. The fourth-order valence-electron chi connectivity index (χ4n) is 9.74. The Hall–Kier alpha value is -6.49. The van der Waals surface area contributed by atoms with Gasteiger partial charge < -0.3 is 4.57 Å². The lowest BCUT2D eigenvalue weighted by molar-refractivity contribution is 0.600. The van der Waals surface area contributed by atoms with E-state index in [9.17, 15) is 0 Å². The minimum Gasteiger partial charge on any atom is -0.337 e. The van der Waals surface area contributed by atoms with Crippen LogP contribution in [0.15, 0.2) is 181 Å². The number of rotatable bonds is 5. The first-order valence-electron chi connectivity index (χ1n) is 20.5. The van der Waals surface area contributed by atoms with Crippen LogP contribution in [0.1, 0.15) is 52.7 Å². The molecule has 276 valence electrons. The lowest BCUT2D eigenvalue weighted by Gasteiger charge is -2.23. The predicted octanol–water partition coefficient (Wildman–Crippen LogP) is 13.8. The Bertz CT molecular complexity index is 3120. The molecule has 0 fully saturated rings. The first kappa shape index (κ1) is 33.6. The summed E-state index contributed by atoms with van der Waals surface area (Å²) < 4.78 is 2.63. The van der Waals surface area contributed by atoms with Gasteiger partial charge in [0.25, 0.3) is 0 Å². The molecule has 58 heavy (non-hydrogen) atoms. The average molecular weight is 762 g/mol. The molecule has 12 rings (SSSR count). The lowest BCUT2D eigenvalue weighted by Crippen LogP contribution is -2.12. The van der Waals surface area contributed by atoms with Crippen LogP contribution in [0, 0.1) is 0 Å². The molecule has 8 aromatic rings. The van der Waals surface area contributed by atoms with E-state index < -0.39 is 0 Å². The number of fused-ring (bicyclic) bond motifs is 9. The second-order valence-corrected chi connectivity index (χ2v) is 17.1. The van der Waals surface area contributed by atoms with Gasteiger partial charge in [-0.25, -0.2) is 9.97 Å². The van der Waals surface area contributed by atoms with Gasteiger partial charge in [-0.3, -0.25) is 0 Å². The molecular formula is C54H39N3S. The molecule has 0 saturated carbocycles. The summed E-state index contributed by atoms with van der Waals surface area (Å²) in [6, 6.07) is 48.4. The summed E-state index contributed by atoms with van der Waals surface area (Å²) in [6.07, 6.45) is 22.3. The van der Waals surface area contributed by atoms with Crippen molar-refractivity contribution >= 4 is 61.6 Å². The van der Waals surface area contributed by atoms with E-state index in [1.807, 2.05) is 23.9 Å². The predicted molar refractivity (Wildman–Crippen MR) is 244 cm³/mol. The molecule has 3 nitrogen and oxygen atoms in total. The van der Waals surface area contributed by atoms with Crippen molar-refractivity contribution in [3.63, 3.8) is 0 Å². The number of hydrogen-bond acceptors (Lipinski definition) is 3. The van der Waals surface area contributed by atoms with Crippen LogP contribution in [0.3, 0.4) is 0 Å². The Morgan fingerprint density at radius 2 is 1.41 bits per heavy atom. The molecule has 0 N–H and O–H groups in total. The summed E-state index contributed by atoms with van der Waals surface area (Å²) in [4.78, 5) is 11.5. The maximum absolute atomic E-state index is 5.09. The highest BCUT2D eigenvalue weighted by Crippen LogP contribution is 2.52. The fraction of sp³-hybridized carbons (Fsp3) is 0.111. The first-order valence-corrected chi connectivity index (χ1v) is 21.3. The van der Waals surface area contributed by atoms with E-state index in [4.69, 9.17) is 9.97 Å². The van der Waals surface area contributed by atoms with E-state index in [1.54, 1.807) is 0 Å². The second kappa shape index (κ2) is 13.6. The summed E-state index contributed by atoms with van der Waals surface area (Å²) in [5.41, 5.74) is 14.8. The maximum Gasteiger partial charge on any atom is 0.160 e. The van der Waals surface area contributed by atoms with E-state index in [2.05, 4.69) is 175 Å². The SMILES string of the molecule is C1=Cc2c(n(C3C=CC(c4ccc(-c5nc(-c6ccccc6)c6ccccc6n5)cc4)=CC3)c3ccc(C4=CC5c6c(ccc7ccccc67)SC5C=C4)cc23)CC1. The minimum atomic E-state index is 0.267. The highest BCUT2D eigenvalue weighted by Gasteiger charge is 2.34. The largest absolute Gasteiger partial charge is 0.337 e. The second-order valence-electron chi connectivity index (χ2n) is 15.9. The Balaban J connectivity index is 0.837. The van der Waals surface area contributed by atoms with Crippen molar-refractivity contribution in [1.29, 1.82) is 0 Å². The minimum absolute atomic E-state index is 0.267. The summed E-state index contributed by atoms with van der Waals surface area (Å²) in [5, 5.41) is 5.59. The quantitative estimate of drug-likeness (QED) is 0.175. The number of benzene rings is 6. The summed E-state index contributed by atoms with van der Waals surface area (Å²) in [5.74, 6) is 1.12. The smallest absolute Gasteiger partial charge is 0.160 e. The van der Waals surface area contributed by atoms with E-state index in [1.165, 1.54) is 65.7 Å². The Morgan fingerprint density at radius 1 is 0.621 bits per heavy atom. The number of thioether (sulfide) groups is 1. The summed E-state index contributed by atoms with van der Waals surface area (Å²) in [7, 11) is 0. The van der Waals surface area contributed by atoms with Gasteiger partial charge in [-0.15, -0.1) is 11.8 Å². The van der Waals surface area contributed by atoms with Gasteiger partial charge in [0.05, 0.1) is 17.3 Å². The monoisotopic (exact) mass is 761 g/mol. The van der Waals surface area contributed by atoms with Crippen molar-refractivity contribution in [1.82, 2.24) is 14.5 Å². The molecule has 0 radical (unpaired) electrons. The lowest BCUT2D eigenvalue weighted by atomic mass is 9.85.